The molecule has 0 spiro atoms. The van der Waals surface area contributed by atoms with Gasteiger partial charge in [0.05, 0.1) is 10.7 Å². The monoisotopic (exact) mass is 282 g/mol. The van der Waals surface area contributed by atoms with E-state index in [1.54, 1.807) is 5.38 Å². The number of amides is 1. The third kappa shape index (κ3) is 2.66. The van der Waals surface area contributed by atoms with Crippen molar-refractivity contribution in [3.8, 4) is 0 Å². The Morgan fingerprint density at radius 2 is 2.11 bits per heavy atom. The van der Waals surface area contributed by atoms with Crippen LogP contribution < -0.4 is 5.32 Å². The second-order valence-electron chi connectivity index (χ2n) is 3.28. The molecule has 0 saturated heterocycles. The van der Waals surface area contributed by atoms with Gasteiger partial charge in [0.15, 0.2) is 0 Å². The van der Waals surface area contributed by atoms with E-state index in [1.165, 1.54) is 24.4 Å². The molecule has 0 aliphatic carbocycles. The summed E-state index contributed by atoms with van der Waals surface area (Å²) >= 11 is 6.70. The number of carboxylic acid groups (broad SMARTS) is 1. The molecular weight excluding hydrogens is 276 g/mol. The van der Waals surface area contributed by atoms with E-state index in [4.69, 9.17) is 16.7 Å². The summed E-state index contributed by atoms with van der Waals surface area (Å²) in [7, 11) is 0. The number of pyridine rings is 1. The van der Waals surface area contributed by atoms with Crippen LogP contribution in [0.2, 0.25) is 5.02 Å². The van der Waals surface area contributed by atoms with Crippen molar-refractivity contribution in [1.82, 2.24) is 4.98 Å². The Morgan fingerprint density at radius 1 is 1.33 bits per heavy atom. The molecule has 0 fully saturated rings. The number of carbonyl (C=O) groups is 2. The van der Waals surface area contributed by atoms with Crippen molar-refractivity contribution in [3.05, 3.63) is 45.4 Å². The highest BCUT2D eigenvalue weighted by Crippen LogP contribution is 2.22. The van der Waals surface area contributed by atoms with Crippen molar-refractivity contribution in [1.29, 1.82) is 0 Å². The van der Waals surface area contributed by atoms with Gasteiger partial charge >= 0.3 is 5.97 Å². The zero-order valence-electron chi connectivity index (χ0n) is 8.88. The van der Waals surface area contributed by atoms with Gasteiger partial charge in [0.1, 0.15) is 10.6 Å². The van der Waals surface area contributed by atoms with Crippen LogP contribution in [0.5, 0.6) is 0 Å². The van der Waals surface area contributed by atoms with Gasteiger partial charge in [0.2, 0.25) is 0 Å². The molecule has 2 heterocycles. The summed E-state index contributed by atoms with van der Waals surface area (Å²) in [5.74, 6) is -1.56. The number of hydrogen-bond acceptors (Lipinski definition) is 4. The van der Waals surface area contributed by atoms with Crippen LogP contribution in [0.25, 0.3) is 0 Å². The molecule has 92 valence electrons. The molecule has 0 aliphatic rings. The van der Waals surface area contributed by atoms with Gasteiger partial charge < -0.3 is 10.4 Å². The molecular formula is C11H7ClN2O3S. The average Bonchev–Trinajstić information content (AvgIpc) is 2.78. The highest BCUT2D eigenvalue weighted by molar-refractivity contribution is 7.12. The molecule has 2 rings (SSSR count). The summed E-state index contributed by atoms with van der Waals surface area (Å²) in [6, 6.07) is 4.53. The van der Waals surface area contributed by atoms with E-state index in [1.807, 2.05) is 0 Å². The first-order valence-corrected chi connectivity index (χ1v) is 6.07. The minimum atomic E-state index is -1.08. The van der Waals surface area contributed by atoms with Crippen LogP contribution in [0.1, 0.15) is 20.2 Å². The summed E-state index contributed by atoms with van der Waals surface area (Å²) in [5, 5.41) is 13.4. The van der Waals surface area contributed by atoms with Gasteiger partial charge in [0, 0.05) is 6.20 Å². The third-order valence-electron chi connectivity index (χ3n) is 2.07. The molecule has 7 heteroatoms. The summed E-state index contributed by atoms with van der Waals surface area (Å²) < 4.78 is 0. The first-order chi connectivity index (χ1) is 8.58. The number of hydrogen-bond donors (Lipinski definition) is 2. The highest BCUT2D eigenvalue weighted by Gasteiger charge is 2.15. The Kier molecular flexibility index (Phi) is 3.59. The van der Waals surface area contributed by atoms with Crippen LogP contribution in [0.15, 0.2) is 29.8 Å². The van der Waals surface area contributed by atoms with E-state index in [9.17, 15) is 9.59 Å². The van der Waals surface area contributed by atoms with Crippen LogP contribution in [0.4, 0.5) is 5.69 Å². The van der Waals surface area contributed by atoms with E-state index in [-0.39, 0.29) is 16.3 Å². The van der Waals surface area contributed by atoms with Crippen LogP contribution >= 0.6 is 22.9 Å². The van der Waals surface area contributed by atoms with Crippen molar-refractivity contribution in [2.24, 2.45) is 0 Å². The lowest BCUT2D eigenvalue weighted by molar-refractivity contribution is 0.0703. The smallest absolute Gasteiger partial charge is 0.348 e. The van der Waals surface area contributed by atoms with Crippen LogP contribution in [-0.2, 0) is 0 Å². The van der Waals surface area contributed by atoms with Gasteiger partial charge in [-0.15, -0.1) is 11.3 Å². The fourth-order valence-electron chi connectivity index (χ4n) is 1.27. The van der Waals surface area contributed by atoms with Crippen molar-refractivity contribution < 1.29 is 14.7 Å². The van der Waals surface area contributed by atoms with Crippen LogP contribution in [0, 0.1) is 0 Å². The molecule has 2 aromatic heterocycles. The lowest BCUT2D eigenvalue weighted by atomic mass is 10.3. The van der Waals surface area contributed by atoms with E-state index in [0.29, 0.717) is 5.02 Å². The molecule has 1 amide bonds. The predicted octanol–water partition coefficient (Wildman–Crippen LogP) is 2.75. The second-order valence-corrected chi connectivity index (χ2v) is 4.64. The summed E-state index contributed by atoms with van der Waals surface area (Å²) in [6.45, 7) is 0. The maximum Gasteiger partial charge on any atom is 0.348 e. The standard InChI is InChI=1S/C11H7ClN2O3S/c12-6-1-2-8(13-5-6)10(15)14-7-3-4-18-9(7)11(16)17/h1-5H,(H,14,15)(H,16,17). The van der Waals surface area contributed by atoms with Crippen LogP contribution in [-0.4, -0.2) is 22.0 Å². The van der Waals surface area contributed by atoms with Gasteiger partial charge in [-0.1, -0.05) is 11.6 Å². The van der Waals surface area contributed by atoms with Gasteiger partial charge in [-0.2, -0.15) is 0 Å². The number of aromatic nitrogens is 1. The normalized spacial score (nSPS) is 10.1. The topological polar surface area (TPSA) is 79.3 Å². The van der Waals surface area contributed by atoms with Crippen molar-refractivity contribution in [2.75, 3.05) is 5.32 Å². The van der Waals surface area contributed by atoms with Crippen molar-refractivity contribution in [2.45, 2.75) is 0 Å². The second kappa shape index (κ2) is 5.16. The van der Waals surface area contributed by atoms with E-state index in [0.717, 1.165) is 11.3 Å². The molecule has 0 bridgehead atoms. The lowest BCUT2D eigenvalue weighted by Gasteiger charge is -2.03. The number of aromatic carboxylic acids is 1. The van der Waals surface area contributed by atoms with E-state index < -0.39 is 11.9 Å². The SMILES string of the molecule is O=C(Nc1ccsc1C(=O)O)c1ccc(Cl)cn1. The molecule has 0 atom stereocenters. The Balaban J connectivity index is 2.19. The largest absolute Gasteiger partial charge is 0.477 e. The molecule has 0 aromatic carbocycles. The molecule has 18 heavy (non-hydrogen) atoms. The predicted molar refractivity (Wildman–Crippen MR) is 68.5 cm³/mol. The third-order valence-corrected chi connectivity index (χ3v) is 3.19. The minimum Gasteiger partial charge on any atom is -0.477 e. The number of carboxylic acids is 1. The molecule has 2 N–H and O–H groups in total. The maximum absolute atomic E-state index is 11.8. The Morgan fingerprint density at radius 3 is 2.72 bits per heavy atom. The van der Waals surface area contributed by atoms with Gasteiger partial charge in [-0.05, 0) is 23.6 Å². The number of halogens is 1. The molecule has 0 saturated carbocycles. The van der Waals surface area contributed by atoms with Gasteiger partial charge in [-0.25, -0.2) is 9.78 Å². The van der Waals surface area contributed by atoms with Gasteiger partial charge in [-0.3, -0.25) is 4.79 Å². The van der Waals surface area contributed by atoms with Gasteiger partial charge in [0.25, 0.3) is 5.91 Å². The number of carbonyl (C=O) groups excluding carboxylic acids is 1. The van der Waals surface area contributed by atoms with E-state index >= 15 is 0 Å². The number of nitrogens with one attached hydrogen (secondary N) is 1. The minimum absolute atomic E-state index is 0.0808. The summed E-state index contributed by atoms with van der Waals surface area (Å²) in [5.41, 5.74) is 0.427. The zero-order valence-corrected chi connectivity index (χ0v) is 10.5. The first-order valence-electron chi connectivity index (χ1n) is 4.81. The number of nitrogens with zero attached hydrogens (tertiary/aromatic N) is 1. The fourth-order valence-corrected chi connectivity index (χ4v) is 2.07. The zero-order chi connectivity index (χ0) is 13.1. The van der Waals surface area contributed by atoms with E-state index in [2.05, 4.69) is 10.3 Å². The first kappa shape index (κ1) is 12.5. The molecule has 2 aromatic rings. The van der Waals surface area contributed by atoms with Crippen molar-refractivity contribution in [3.63, 3.8) is 0 Å². The quantitative estimate of drug-likeness (QED) is 0.907. The summed E-state index contributed by atoms with van der Waals surface area (Å²) in [4.78, 5) is 26.6. The Bertz CT molecular complexity index is 595. The lowest BCUT2D eigenvalue weighted by Crippen LogP contribution is -2.14. The Labute approximate surface area is 111 Å². The summed E-state index contributed by atoms with van der Waals surface area (Å²) in [6.07, 6.45) is 1.35. The van der Waals surface area contributed by atoms with Crippen LogP contribution in [0.3, 0.4) is 0 Å². The number of rotatable bonds is 3. The van der Waals surface area contributed by atoms with Crippen molar-refractivity contribution >= 4 is 40.5 Å². The molecule has 0 unspecified atom stereocenters. The fraction of sp³-hybridized carbons (Fsp3) is 0. The number of thiophene rings is 1. The average molecular weight is 283 g/mol. The molecule has 5 nitrogen and oxygen atoms in total. The Hall–Kier alpha value is -1.92. The highest BCUT2D eigenvalue weighted by atomic mass is 35.5. The molecule has 0 radical (unpaired) electrons. The molecule has 0 aliphatic heterocycles. The number of anilines is 1. The maximum atomic E-state index is 11.8.